The topological polar surface area (TPSA) is 48.9 Å². The first kappa shape index (κ1) is 21.4. The zero-order chi connectivity index (χ0) is 17.5. The number of nitrogens with zero attached hydrogens (tertiary/aromatic N) is 2. The second-order valence-electron chi connectivity index (χ2n) is 7.26. The molecule has 0 aromatic heterocycles. The van der Waals surface area contributed by atoms with Gasteiger partial charge in [-0.05, 0) is 31.2 Å². The third kappa shape index (κ3) is 6.09. The maximum absolute atomic E-state index is 5.23. The Labute approximate surface area is 175 Å². The average Bonchev–Trinajstić information content (AvgIpc) is 3.56. The molecule has 146 valence electrons. The average molecular weight is 472 g/mol. The summed E-state index contributed by atoms with van der Waals surface area (Å²) in [5, 5.41) is 7.00. The highest BCUT2D eigenvalue weighted by atomic mass is 127. The fraction of sp³-hybridized carbons (Fsp3) is 0.650. The molecule has 1 aromatic rings. The number of benzene rings is 1. The molecular formula is C20H33IN4O. The fourth-order valence-electron chi connectivity index (χ4n) is 3.43. The number of methoxy groups -OCH3 is 1. The van der Waals surface area contributed by atoms with E-state index in [1.165, 1.54) is 31.2 Å². The molecule has 0 unspecified atom stereocenters. The van der Waals surface area contributed by atoms with E-state index in [1.54, 1.807) is 7.11 Å². The van der Waals surface area contributed by atoms with E-state index in [2.05, 4.69) is 50.9 Å². The van der Waals surface area contributed by atoms with Crippen LogP contribution in [0.15, 0.2) is 35.3 Å². The Hall–Kier alpha value is -0.860. The van der Waals surface area contributed by atoms with E-state index in [4.69, 9.17) is 4.74 Å². The van der Waals surface area contributed by atoms with E-state index in [0.29, 0.717) is 5.41 Å². The number of aliphatic imine (C=N–C) groups is 1. The Morgan fingerprint density at radius 1 is 1.19 bits per heavy atom. The van der Waals surface area contributed by atoms with Crippen LogP contribution < -0.4 is 10.6 Å². The molecule has 2 N–H and O–H groups in total. The SMILES string of the molecule is CN=C(NCCN(CCOC)C1CC1)NCC1(c2ccccc2)CC1.I. The molecule has 2 saturated carbocycles. The minimum atomic E-state index is 0. The van der Waals surface area contributed by atoms with Gasteiger partial charge < -0.3 is 15.4 Å². The van der Waals surface area contributed by atoms with Crippen molar-refractivity contribution in [3.63, 3.8) is 0 Å². The van der Waals surface area contributed by atoms with Gasteiger partial charge in [-0.3, -0.25) is 9.89 Å². The van der Waals surface area contributed by atoms with Crippen LogP contribution in [0, 0.1) is 0 Å². The molecule has 0 amide bonds. The number of hydrogen-bond acceptors (Lipinski definition) is 3. The highest BCUT2D eigenvalue weighted by Gasteiger charge is 2.44. The lowest BCUT2D eigenvalue weighted by Crippen LogP contribution is -2.44. The third-order valence-electron chi connectivity index (χ3n) is 5.39. The van der Waals surface area contributed by atoms with Crippen LogP contribution in [0.5, 0.6) is 0 Å². The van der Waals surface area contributed by atoms with Gasteiger partial charge in [0, 0.05) is 51.8 Å². The summed E-state index contributed by atoms with van der Waals surface area (Å²) in [6, 6.07) is 11.6. The van der Waals surface area contributed by atoms with Crippen molar-refractivity contribution in [2.45, 2.75) is 37.1 Å². The number of ether oxygens (including phenoxy) is 1. The lowest BCUT2D eigenvalue weighted by Gasteiger charge is -2.23. The van der Waals surface area contributed by atoms with E-state index < -0.39 is 0 Å². The van der Waals surface area contributed by atoms with Gasteiger partial charge in [-0.1, -0.05) is 30.3 Å². The van der Waals surface area contributed by atoms with Gasteiger partial charge in [0.05, 0.1) is 6.61 Å². The molecule has 0 atom stereocenters. The minimum absolute atomic E-state index is 0. The Morgan fingerprint density at radius 3 is 2.50 bits per heavy atom. The van der Waals surface area contributed by atoms with Crippen LogP contribution in [0.1, 0.15) is 31.2 Å². The summed E-state index contributed by atoms with van der Waals surface area (Å²) >= 11 is 0. The van der Waals surface area contributed by atoms with Gasteiger partial charge in [0.15, 0.2) is 5.96 Å². The van der Waals surface area contributed by atoms with Gasteiger partial charge in [-0.2, -0.15) is 0 Å². The summed E-state index contributed by atoms with van der Waals surface area (Å²) in [6.07, 6.45) is 5.17. The van der Waals surface area contributed by atoms with Gasteiger partial charge in [-0.25, -0.2) is 0 Å². The molecule has 0 saturated heterocycles. The van der Waals surface area contributed by atoms with E-state index in [9.17, 15) is 0 Å². The largest absolute Gasteiger partial charge is 0.383 e. The van der Waals surface area contributed by atoms with Crippen molar-refractivity contribution in [2.75, 3.05) is 46.9 Å². The first-order chi connectivity index (χ1) is 12.3. The molecule has 0 radical (unpaired) electrons. The van der Waals surface area contributed by atoms with Gasteiger partial charge >= 0.3 is 0 Å². The zero-order valence-electron chi connectivity index (χ0n) is 16.0. The summed E-state index contributed by atoms with van der Waals surface area (Å²) in [5.74, 6) is 0.907. The van der Waals surface area contributed by atoms with Crippen LogP contribution in [-0.2, 0) is 10.2 Å². The predicted molar refractivity (Wildman–Crippen MR) is 119 cm³/mol. The number of halogens is 1. The maximum Gasteiger partial charge on any atom is 0.191 e. The second-order valence-corrected chi connectivity index (χ2v) is 7.26. The molecular weight excluding hydrogens is 439 g/mol. The van der Waals surface area contributed by atoms with Gasteiger partial charge in [-0.15, -0.1) is 24.0 Å². The lowest BCUT2D eigenvalue weighted by molar-refractivity contribution is 0.144. The number of hydrogen-bond donors (Lipinski definition) is 2. The maximum atomic E-state index is 5.23. The smallest absolute Gasteiger partial charge is 0.191 e. The summed E-state index contributed by atoms with van der Waals surface area (Å²) in [7, 11) is 3.62. The number of rotatable bonds is 10. The van der Waals surface area contributed by atoms with Gasteiger partial charge in [0.2, 0.25) is 0 Å². The van der Waals surface area contributed by atoms with Crippen molar-refractivity contribution >= 4 is 29.9 Å². The van der Waals surface area contributed by atoms with Crippen LogP contribution >= 0.6 is 24.0 Å². The molecule has 2 aliphatic rings. The molecule has 0 spiro atoms. The van der Waals surface area contributed by atoms with Crippen LogP contribution in [0.4, 0.5) is 0 Å². The Bertz CT molecular complexity index is 558. The van der Waals surface area contributed by atoms with Crippen molar-refractivity contribution in [3.8, 4) is 0 Å². The minimum Gasteiger partial charge on any atom is -0.383 e. The molecule has 2 aliphatic carbocycles. The zero-order valence-corrected chi connectivity index (χ0v) is 18.4. The molecule has 0 heterocycles. The quantitative estimate of drug-likeness (QED) is 0.312. The molecule has 2 fully saturated rings. The van der Waals surface area contributed by atoms with Crippen LogP contribution in [0.3, 0.4) is 0 Å². The number of nitrogens with one attached hydrogen (secondary N) is 2. The predicted octanol–water partition coefficient (Wildman–Crippen LogP) is 2.61. The molecule has 26 heavy (non-hydrogen) atoms. The van der Waals surface area contributed by atoms with E-state index in [1.807, 2.05) is 7.05 Å². The first-order valence-corrected chi connectivity index (χ1v) is 9.50. The first-order valence-electron chi connectivity index (χ1n) is 9.50. The van der Waals surface area contributed by atoms with Gasteiger partial charge in [0.1, 0.15) is 0 Å². The monoisotopic (exact) mass is 472 g/mol. The Balaban J connectivity index is 0.00000243. The molecule has 5 nitrogen and oxygen atoms in total. The normalized spacial score (nSPS) is 18.3. The Kier molecular flexibility index (Phi) is 8.63. The summed E-state index contributed by atoms with van der Waals surface area (Å²) in [6.45, 7) is 4.73. The molecule has 0 bridgehead atoms. The molecule has 1 aromatic carbocycles. The van der Waals surface area contributed by atoms with Crippen molar-refractivity contribution in [2.24, 2.45) is 4.99 Å². The third-order valence-corrected chi connectivity index (χ3v) is 5.39. The summed E-state index contributed by atoms with van der Waals surface area (Å²) in [4.78, 5) is 6.91. The fourth-order valence-corrected chi connectivity index (χ4v) is 3.43. The Morgan fingerprint density at radius 2 is 1.92 bits per heavy atom. The number of guanidine groups is 1. The van der Waals surface area contributed by atoms with Crippen LogP contribution in [0.2, 0.25) is 0 Å². The van der Waals surface area contributed by atoms with Crippen molar-refractivity contribution < 1.29 is 4.74 Å². The summed E-state index contributed by atoms with van der Waals surface area (Å²) < 4.78 is 5.23. The van der Waals surface area contributed by atoms with Crippen LogP contribution in [0.25, 0.3) is 0 Å². The second kappa shape index (κ2) is 10.5. The van der Waals surface area contributed by atoms with Crippen molar-refractivity contribution in [1.82, 2.24) is 15.5 Å². The highest BCUT2D eigenvalue weighted by Crippen LogP contribution is 2.47. The summed E-state index contributed by atoms with van der Waals surface area (Å²) in [5.41, 5.74) is 1.75. The highest BCUT2D eigenvalue weighted by molar-refractivity contribution is 14.0. The lowest BCUT2D eigenvalue weighted by atomic mass is 9.96. The molecule has 6 heteroatoms. The molecule has 3 rings (SSSR count). The standard InChI is InChI=1S/C20H32N4O.HI/c1-21-19(22-12-13-24(14-15-25-2)18-8-9-18)23-16-20(10-11-20)17-6-4-3-5-7-17;/h3-7,18H,8-16H2,1-2H3,(H2,21,22,23);1H. The van der Waals surface area contributed by atoms with E-state index in [-0.39, 0.29) is 24.0 Å². The van der Waals surface area contributed by atoms with Gasteiger partial charge in [0.25, 0.3) is 0 Å². The van der Waals surface area contributed by atoms with E-state index >= 15 is 0 Å². The van der Waals surface area contributed by atoms with Crippen molar-refractivity contribution in [3.05, 3.63) is 35.9 Å². The van der Waals surface area contributed by atoms with Crippen LogP contribution in [-0.4, -0.2) is 63.8 Å². The van der Waals surface area contributed by atoms with Crippen molar-refractivity contribution in [1.29, 1.82) is 0 Å². The van der Waals surface area contributed by atoms with E-state index in [0.717, 1.165) is 44.8 Å². The molecule has 0 aliphatic heterocycles.